The maximum atomic E-state index is 6.20. The maximum Gasteiger partial charge on any atom is 0.494 e. The van der Waals surface area contributed by atoms with Gasteiger partial charge in [0.05, 0.1) is 11.2 Å². The summed E-state index contributed by atoms with van der Waals surface area (Å²) in [5.41, 5.74) is 6.84. The zero-order valence-electron chi connectivity index (χ0n) is 20.0. The van der Waals surface area contributed by atoms with Gasteiger partial charge in [-0.3, -0.25) is 0 Å². The molecule has 0 unspecified atom stereocenters. The van der Waals surface area contributed by atoms with Gasteiger partial charge in [-0.1, -0.05) is 66.7 Å². The van der Waals surface area contributed by atoms with Crippen molar-refractivity contribution in [1.82, 2.24) is 0 Å². The van der Waals surface area contributed by atoms with Crippen LogP contribution in [0.2, 0.25) is 0 Å². The molecular formula is C30H27BO3. The second kappa shape index (κ2) is 7.59. The van der Waals surface area contributed by atoms with E-state index in [1.807, 2.05) is 6.07 Å². The van der Waals surface area contributed by atoms with Gasteiger partial charge >= 0.3 is 7.12 Å². The van der Waals surface area contributed by atoms with Crippen LogP contribution < -0.4 is 5.46 Å². The zero-order valence-corrected chi connectivity index (χ0v) is 20.0. The molecular weight excluding hydrogens is 419 g/mol. The fraction of sp³-hybridized carbons (Fsp3) is 0.200. The summed E-state index contributed by atoms with van der Waals surface area (Å²) in [6, 6.07) is 31.7. The van der Waals surface area contributed by atoms with Gasteiger partial charge in [0.15, 0.2) is 0 Å². The molecule has 1 fully saturated rings. The van der Waals surface area contributed by atoms with E-state index in [4.69, 9.17) is 13.7 Å². The van der Waals surface area contributed by atoms with Gasteiger partial charge in [-0.15, -0.1) is 0 Å². The summed E-state index contributed by atoms with van der Waals surface area (Å²) in [5, 5.41) is 2.26. The molecule has 4 heteroatoms. The van der Waals surface area contributed by atoms with Gasteiger partial charge in [0, 0.05) is 10.8 Å². The van der Waals surface area contributed by atoms with Crippen molar-refractivity contribution in [3.8, 4) is 22.3 Å². The predicted octanol–water partition coefficient (Wildman–Crippen LogP) is 7.22. The average Bonchev–Trinajstić information content (AvgIpc) is 3.31. The summed E-state index contributed by atoms with van der Waals surface area (Å²) < 4.78 is 18.5. The first kappa shape index (κ1) is 21.2. The maximum absolute atomic E-state index is 6.20. The van der Waals surface area contributed by atoms with E-state index in [1.54, 1.807) is 0 Å². The highest BCUT2D eigenvalue weighted by Gasteiger charge is 2.51. The van der Waals surface area contributed by atoms with Crippen molar-refractivity contribution in [1.29, 1.82) is 0 Å². The number of hydrogen-bond donors (Lipinski definition) is 0. The number of rotatable bonds is 3. The first-order chi connectivity index (χ1) is 16.3. The first-order valence-electron chi connectivity index (χ1n) is 11.8. The highest BCUT2D eigenvalue weighted by atomic mass is 16.7. The molecule has 168 valence electrons. The highest BCUT2D eigenvalue weighted by Crippen LogP contribution is 2.37. The number of benzene rings is 4. The van der Waals surface area contributed by atoms with Crippen LogP contribution in [0, 0.1) is 0 Å². The predicted molar refractivity (Wildman–Crippen MR) is 140 cm³/mol. The second-order valence-corrected chi connectivity index (χ2v) is 10.1. The van der Waals surface area contributed by atoms with E-state index in [1.165, 1.54) is 11.1 Å². The van der Waals surface area contributed by atoms with Crippen LogP contribution in [-0.2, 0) is 9.31 Å². The van der Waals surface area contributed by atoms with Crippen molar-refractivity contribution < 1.29 is 13.7 Å². The molecule has 0 N–H and O–H groups in total. The Morgan fingerprint density at radius 2 is 1.00 bits per heavy atom. The topological polar surface area (TPSA) is 31.6 Å². The lowest BCUT2D eigenvalue weighted by Crippen LogP contribution is -2.41. The average molecular weight is 446 g/mol. The Morgan fingerprint density at radius 1 is 0.529 bits per heavy atom. The third-order valence-corrected chi connectivity index (χ3v) is 7.35. The molecule has 0 spiro atoms. The molecule has 0 radical (unpaired) electrons. The smallest absolute Gasteiger partial charge is 0.456 e. The molecule has 0 amide bonds. The lowest BCUT2D eigenvalue weighted by Gasteiger charge is -2.32. The summed E-state index contributed by atoms with van der Waals surface area (Å²) in [6.45, 7) is 8.31. The highest BCUT2D eigenvalue weighted by molar-refractivity contribution is 6.62. The van der Waals surface area contributed by atoms with Gasteiger partial charge in [0.1, 0.15) is 11.2 Å². The number of fused-ring (bicyclic) bond motifs is 3. The second-order valence-electron chi connectivity index (χ2n) is 10.1. The molecule has 1 saturated heterocycles. The van der Waals surface area contributed by atoms with Crippen molar-refractivity contribution in [2.75, 3.05) is 0 Å². The Hall–Kier alpha value is -3.34. The minimum absolute atomic E-state index is 0.345. The normalized spacial score (nSPS) is 17.0. The molecule has 1 aromatic heterocycles. The molecule has 34 heavy (non-hydrogen) atoms. The van der Waals surface area contributed by atoms with Gasteiger partial charge in [-0.25, -0.2) is 0 Å². The van der Waals surface area contributed by atoms with Crippen LogP contribution in [0.3, 0.4) is 0 Å². The minimum atomic E-state index is -0.351. The van der Waals surface area contributed by atoms with Crippen LogP contribution in [-0.4, -0.2) is 18.3 Å². The van der Waals surface area contributed by atoms with Crippen molar-refractivity contribution in [2.24, 2.45) is 0 Å². The Labute approximate surface area is 200 Å². The van der Waals surface area contributed by atoms with E-state index in [9.17, 15) is 0 Å². The summed E-state index contributed by atoms with van der Waals surface area (Å²) in [7, 11) is -0.351. The Morgan fingerprint density at radius 3 is 1.53 bits per heavy atom. The molecule has 0 atom stereocenters. The fourth-order valence-electron chi connectivity index (χ4n) is 4.58. The van der Waals surface area contributed by atoms with Crippen LogP contribution in [0.25, 0.3) is 44.2 Å². The zero-order chi connectivity index (χ0) is 23.5. The molecule has 1 aliphatic heterocycles. The quantitative estimate of drug-likeness (QED) is 0.274. The molecule has 0 bridgehead atoms. The monoisotopic (exact) mass is 446 g/mol. The molecule has 4 aromatic carbocycles. The van der Waals surface area contributed by atoms with E-state index in [2.05, 4.69) is 113 Å². The number of furan rings is 1. The Kier molecular flexibility index (Phi) is 4.74. The molecule has 5 aromatic rings. The molecule has 2 heterocycles. The molecule has 6 rings (SSSR count). The standard InChI is InChI=1S/C30H27BO3/c1-29(2)30(3,4)34-31(33-29)24-14-10-21(11-15-24)23-13-17-28-26(19-23)25-18-22(12-16-27(25)32-28)20-8-6-5-7-9-20/h5-19H,1-4H3. The van der Waals surface area contributed by atoms with Gasteiger partial charge in [-0.05, 0) is 79.7 Å². The van der Waals surface area contributed by atoms with Crippen molar-refractivity contribution in [3.05, 3.63) is 91.0 Å². The summed E-state index contributed by atoms with van der Waals surface area (Å²) in [6.07, 6.45) is 0. The van der Waals surface area contributed by atoms with Crippen molar-refractivity contribution >= 4 is 34.5 Å². The third kappa shape index (κ3) is 3.46. The van der Waals surface area contributed by atoms with E-state index < -0.39 is 0 Å². The van der Waals surface area contributed by atoms with Gasteiger partial charge < -0.3 is 13.7 Å². The number of hydrogen-bond acceptors (Lipinski definition) is 3. The largest absolute Gasteiger partial charge is 0.494 e. The van der Waals surface area contributed by atoms with Gasteiger partial charge in [0.2, 0.25) is 0 Å². The summed E-state index contributed by atoms with van der Waals surface area (Å²) >= 11 is 0. The van der Waals surface area contributed by atoms with Gasteiger partial charge in [0.25, 0.3) is 0 Å². The van der Waals surface area contributed by atoms with Crippen LogP contribution in [0.5, 0.6) is 0 Å². The molecule has 1 aliphatic rings. The van der Waals surface area contributed by atoms with Crippen LogP contribution >= 0.6 is 0 Å². The summed E-state index contributed by atoms with van der Waals surface area (Å²) in [5.74, 6) is 0. The van der Waals surface area contributed by atoms with Gasteiger partial charge in [-0.2, -0.15) is 0 Å². The minimum Gasteiger partial charge on any atom is -0.456 e. The van der Waals surface area contributed by atoms with E-state index >= 15 is 0 Å². The third-order valence-electron chi connectivity index (χ3n) is 7.35. The SMILES string of the molecule is CC1(C)OB(c2ccc(-c3ccc4oc5ccc(-c6ccccc6)cc5c4c3)cc2)OC1(C)C. The first-order valence-corrected chi connectivity index (χ1v) is 11.8. The lowest BCUT2D eigenvalue weighted by atomic mass is 9.78. The summed E-state index contributed by atoms with van der Waals surface area (Å²) in [4.78, 5) is 0. The lowest BCUT2D eigenvalue weighted by molar-refractivity contribution is 0.00578. The fourth-order valence-corrected chi connectivity index (χ4v) is 4.58. The van der Waals surface area contributed by atoms with Crippen LogP contribution in [0.4, 0.5) is 0 Å². The van der Waals surface area contributed by atoms with Crippen molar-refractivity contribution in [3.63, 3.8) is 0 Å². The molecule has 0 saturated carbocycles. The Balaban J connectivity index is 1.35. The molecule has 0 aliphatic carbocycles. The van der Waals surface area contributed by atoms with E-state index in [0.717, 1.165) is 38.5 Å². The van der Waals surface area contributed by atoms with Crippen molar-refractivity contribution in [2.45, 2.75) is 38.9 Å². The van der Waals surface area contributed by atoms with E-state index in [0.29, 0.717) is 0 Å². The Bertz CT molecular complexity index is 1480. The van der Waals surface area contributed by atoms with E-state index in [-0.39, 0.29) is 18.3 Å². The van der Waals surface area contributed by atoms with Crippen LogP contribution in [0.1, 0.15) is 27.7 Å². The van der Waals surface area contributed by atoms with Crippen LogP contribution in [0.15, 0.2) is 95.4 Å². The molecule has 3 nitrogen and oxygen atoms in total.